The molecule has 1 aromatic carbocycles. The molecule has 0 spiro atoms. The predicted octanol–water partition coefficient (Wildman–Crippen LogP) is 5.55. The van der Waals surface area contributed by atoms with E-state index in [9.17, 15) is 4.79 Å². The number of rotatable bonds is 3. The van der Waals surface area contributed by atoms with Gasteiger partial charge in [0.2, 0.25) is 0 Å². The number of hydrogen-bond acceptors (Lipinski definition) is 5. The summed E-state index contributed by atoms with van der Waals surface area (Å²) in [4.78, 5) is 16.6. The van der Waals surface area contributed by atoms with Gasteiger partial charge in [0.15, 0.2) is 6.17 Å². The molecule has 0 fully saturated rings. The number of amides is 1. The molecule has 1 unspecified atom stereocenters. The van der Waals surface area contributed by atoms with Crippen LogP contribution in [0.15, 0.2) is 34.7 Å². The number of halogens is 2. The van der Waals surface area contributed by atoms with E-state index in [0.29, 0.717) is 21.6 Å². The zero-order valence-corrected chi connectivity index (χ0v) is 18.0. The van der Waals surface area contributed by atoms with Crippen molar-refractivity contribution >= 4 is 45.4 Å². The molecular weight excluding hydrogens is 429 g/mol. The Morgan fingerprint density at radius 3 is 2.93 bits per heavy atom. The van der Waals surface area contributed by atoms with Gasteiger partial charge in [-0.25, -0.2) is 0 Å². The van der Waals surface area contributed by atoms with Crippen LogP contribution in [0.1, 0.15) is 39.6 Å². The second-order valence-electron chi connectivity index (χ2n) is 7.18. The van der Waals surface area contributed by atoms with Crippen molar-refractivity contribution in [2.24, 2.45) is 0 Å². The van der Waals surface area contributed by atoms with E-state index in [0.717, 1.165) is 42.2 Å². The van der Waals surface area contributed by atoms with Gasteiger partial charge in [0.05, 0.1) is 15.6 Å². The summed E-state index contributed by atoms with van der Waals surface area (Å²) in [6.45, 7) is 5.08. The highest BCUT2D eigenvalue weighted by Gasteiger charge is 2.34. The van der Waals surface area contributed by atoms with Gasteiger partial charge in [-0.3, -0.25) is 9.69 Å². The van der Waals surface area contributed by atoms with Crippen LogP contribution in [0.3, 0.4) is 0 Å². The number of anilines is 1. The van der Waals surface area contributed by atoms with E-state index in [1.807, 2.05) is 24.3 Å². The number of fused-ring (bicyclic) bond motifs is 3. The van der Waals surface area contributed by atoms with Gasteiger partial charge in [0, 0.05) is 23.5 Å². The lowest BCUT2D eigenvalue weighted by Crippen LogP contribution is -2.38. The molecule has 2 aromatic heterocycles. The van der Waals surface area contributed by atoms with Crippen LogP contribution in [0, 0.1) is 0 Å². The number of carbonyl (C=O) groups excluding carboxylic acids is 1. The fourth-order valence-electron chi connectivity index (χ4n) is 3.93. The molecule has 150 valence electrons. The predicted molar refractivity (Wildman–Crippen MR) is 117 cm³/mol. The minimum Gasteiger partial charge on any atom is -0.457 e. The number of furan rings is 1. The second-order valence-corrected chi connectivity index (χ2v) is 9.07. The van der Waals surface area contributed by atoms with Crippen LogP contribution in [-0.4, -0.2) is 23.9 Å². The Bertz CT molecular complexity index is 1110. The molecule has 2 aliphatic rings. The van der Waals surface area contributed by atoms with Crippen LogP contribution in [0.25, 0.3) is 11.3 Å². The molecule has 3 aromatic rings. The Morgan fingerprint density at radius 1 is 1.24 bits per heavy atom. The van der Waals surface area contributed by atoms with Crippen molar-refractivity contribution in [2.75, 3.05) is 18.4 Å². The zero-order chi connectivity index (χ0) is 20.1. The maximum absolute atomic E-state index is 12.9. The van der Waals surface area contributed by atoms with E-state index >= 15 is 0 Å². The van der Waals surface area contributed by atoms with E-state index in [4.69, 9.17) is 27.6 Å². The van der Waals surface area contributed by atoms with Crippen molar-refractivity contribution in [1.82, 2.24) is 10.2 Å². The standard InChI is InChI=1S/C21H19Cl2N3O2S/c1-2-26-9-8-12-16(10-26)29-21-17(12)20(27)24-19(25-21)15-7-6-14(28-15)11-4-3-5-13(22)18(11)23/h3-7,19,25H,2,8-10H2,1H3,(H,24,27). The summed E-state index contributed by atoms with van der Waals surface area (Å²) in [5, 5.41) is 8.31. The zero-order valence-electron chi connectivity index (χ0n) is 15.7. The van der Waals surface area contributed by atoms with Gasteiger partial charge < -0.3 is 15.1 Å². The Balaban J connectivity index is 1.44. The summed E-state index contributed by atoms with van der Waals surface area (Å²) in [5.74, 6) is 1.18. The van der Waals surface area contributed by atoms with E-state index in [1.54, 1.807) is 17.4 Å². The first-order valence-corrected chi connectivity index (χ1v) is 11.1. The maximum Gasteiger partial charge on any atom is 0.256 e. The number of benzene rings is 1. The van der Waals surface area contributed by atoms with Gasteiger partial charge in [-0.15, -0.1) is 11.3 Å². The van der Waals surface area contributed by atoms with Gasteiger partial charge >= 0.3 is 0 Å². The molecule has 5 rings (SSSR count). The first-order chi connectivity index (χ1) is 14.0. The average Bonchev–Trinajstić information content (AvgIpc) is 3.34. The van der Waals surface area contributed by atoms with Gasteiger partial charge in [-0.2, -0.15) is 0 Å². The summed E-state index contributed by atoms with van der Waals surface area (Å²) >= 11 is 14.1. The van der Waals surface area contributed by atoms with Crippen LogP contribution in [-0.2, 0) is 13.0 Å². The maximum atomic E-state index is 12.9. The molecule has 8 heteroatoms. The fraction of sp³-hybridized carbons (Fsp3) is 0.286. The van der Waals surface area contributed by atoms with Crippen molar-refractivity contribution in [1.29, 1.82) is 0 Å². The van der Waals surface area contributed by atoms with Crippen molar-refractivity contribution in [2.45, 2.75) is 26.1 Å². The van der Waals surface area contributed by atoms with Crippen LogP contribution in [0.4, 0.5) is 5.00 Å². The highest BCUT2D eigenvalue weighted by atomic mass is 35.5. The van der Waals surface area contributed by atoms with Gasteiger partial charge in [0.25, 0.3) is 5.91 Å². The number of hydrogen-bond donors (Lipinski definition) is 2. The Hall–Kier alpha value is -1.99. The van der Waals surface area contributed by atoms with Crippen LogP contribution < -0.4 is 10.6 Å². The van der Waals surface area contributed by atoms with Gasteiger partial charge in [0.1, 0.15) is 16.5 Å². The Labute approximate surface area is 182 Å². The number of likely N-dealkylation sites (N-methyl/N-ethyl adjacent to an activating group) is 1. The third-order valence-electron chi connectivity index (χ3n) is 5.49. The van der Waals surface area contributed by atoms with Crippen molar-refractivity contribution in [3.05, 3.63) is 62.1 Å². The highest BCUT2D eigenvalue weighted by Crippen LogP contribution is 2.41. The molecule has 0 radical (unpaired) electrons. The molecule has 1 atom stereocenters. The molecule has 2 N–H and O–H groups in total. The quantitative estimate of drug-likeness (QED) is 0.552. The molecule has 1 amide bonds. The smallest absolute Gasteiger partial charge is 0.256 e. The molecule has 29 heavy (non-hydrogen) atoms. The molecule has 0 saturated carbocycles. The largest absolute Gasteiger partial charge is 0.457 e. The van der Waals surface area contributed by atoms with Crippen molar-refractivity contribution < 1.29 is 9.21 Å². The normalized spacial score (nSPS) is 18.7. The third kappa shape index (κ3) is 3.24. The highest BCUT2D eigenvalue weighted by molar-refractivity contribution is 7.16. The molecule has 0 saturated heterocycles. The molecular formula is C21H19Cl2N3O2S. The minimum atomic E-state index is -0.427. The first-order valence-electron chi connectivity index (χ1n) is 9.53. The Morgan fingerprint density at radius 2 is 2.10 bits per heavy atom. The van der Waals surface area contributed by atoms with Crippen LogP contribution in [0.2, 0.25) is 10.0 Å². The van der Waals surface area contributed by atoms with Crippen LogP contribution in [0.5, 0.6) is 0 Å². The molecule has 4 heterocycles. The first kappa shape index (κ1) is 19.0. The molecule has 5 nitrogen and oxygen atoms in total. The minimum absolute atomic E-state index is 0.0510. The van der Waals surface area contributed by atoms with Gasteiger partial charge in [-0.1, -0.05) is 36.2 Å². The molecule has 0 bridgehead atoms. The Kier molecular flexibility index (Phi) is 4.82. The number of nitrogens with one attached hydrogen (secondary N) is 2. The lowest BCUT2D eigenvalue weighted by molar-refractivity contribution is 0.0930. The number of thiophene rings is 1. The lowest BCUT2D eigenvalue weighted by atomic mass is 10.0. The van der Waals surface area contributed by atoms with E-state index in [1.165, 1.54) is 10.4 Å². The van der Waals surface area contributed by atoms with E-state index in [2.05, 4.69) is 22.5 Å². The van der Waals surface area contributed by atoms with Crippen LogP contribution >= 0.6 is 34.5 Å². The number of carbonyl (C=O) groups is 1. The van der Waals surface area contributed by atoms with Crippen molar-refractivity contribution in [3.63, 3.8) is 0 Å². The van der Waals surface area contributed by atoms with E-state index < -0.39 is 6.17 Å². The van der Waals surface area contributed by atoms with E-state index in [-0.39, 0.29) is 5.91 Å². The van der Waals surface area contributed by atoms with Gasteiger partial charge in [-0.05, 0) is 42.8 Å². The third-order valence-corrected chi connectivity index (χ3v) is 7.46. The average molecular weight is 448 g/mol. The van der Waals surface area contributed by atoms with Crippen molar-refractivity contribution in [3.8, 4) is 11.3 Å². The lowest BCUT2D eigenvalue weighted by Gasteiger charge is -2.27. The summed E-state index contributed by atoms with van der Waals surface area (Å²) in [6.07, 6.45) is 0.483. The topological polar surface area (TPSA) is 57.5 Å². The molecule has 0 aliphatic carbocycles. The SMILES string of the molecule is CCN1CCc2c(sc3c2C(=O)NC(c2ccc(-c4cccc(Cl)c4Cl)o2)N3)C1. The second kappa shape index (κ2) is 7.36. The summed E-state index contributed by atoms with van der Waals surface area (Å²) in [7, 11) is 0. The number of nitrogens with zero attached hydrogens (tertiary/aromatic N) is 1. The fourth-order valence-corrected chi connectivity index (χ4v) is 5.64. The summed E-state index contributed by atoms with van der Waals surface area (Å²) in [5.41, 5.74) is 2.70. The molecule has 2 aliphatic heterocycles. The summed E-state index contributed by atoms with van der Waals surface area (Å²) < 4.78 is 6.02. The monoisotopic (exact) mass is 447 g/mol. The summed E-state index contributed by atoms with van der Waals surface area (Å²) in [6, 6.07) is 9.11.